The summed E-state index contributed by atoms with van der Waals surface area (Å²) < 4.78 is 0. The van der Waals surface area contributed by atoms with Crippen molar-refractivity contribution in [2.45, 2.75) is 18.9 Å². The zero-order valence-corrected chi connectivity index (χ0v) is 16.5. The largest absolute Gasteiger partial charge is 0.361 e. The van der Waals surface area contributed by atoms with E-state index < -0.39 is 0 Å². The number of carbonyl (C=O) groups excluding carboxylic acids is 1. The van der Waals surface area contributed by atoms with Crippen molar-refractivity contribution < 1.29 is 4.79 Å². The number of anilines is 1. The minimum Gasteiger partial charge on any atom is -0.361 e. The number of hydrogen-bond donors (Lipinski definition) is 3. The van der Waals surface area contributed by atoms with Gasteiger partial charge in [-0.15, -0.1) is 11.3 Å². The molecule has 0 bridgehead atoms. The molecule has 2 atom stereocenters. The topological polar surface area (TPSA) is 56.9 Å². The normalized spacial score (nSPS) is 13.3. The number of para-hydroxylation sites is 2. The zero-order valence-electron chi connectivity index (χ0n) is 15.7. The predicted molar refractivity (Wildman–Crippen MR) is 117 cm³/mol. The summed E-state index contributed by atoms with van der Waals surface area (Å²) in [6.07, 6.45) is 2.09. The number of aromatic nitrogens is 1. The second-order valence-corrected chi connectivity index (χ2v) is 7.82. The molecule has 2 aromatic heterocycles. The Labute approximate surface area is 168 Å². The first-order valence-electron chi connectivity index (χ1n) is 9.41. The molecule has 0 unspecified atom stereocenters. The van der Waals surface area contributed by atoms with Gasteiger partial charge in [-0.3, -0.25) is 4.79 Å². The van der Waals surface area contributed by atoms with Crippen molar-refractivity contribution in [1.29, 1.82) is 0 Å². The van der Waals surface area contributed by atoms with E-state index in [1.54, 1.807) is 11.3 Å². The summed E-state index contributed by atoms with van der Waals surface area (Å²) >= 11 is 1.75. The second-order valence-electron chi connectivity index (χ2n) is 6.84. The van der Waals surface area contributed by atoms with Crippen LogP contribution in [0.15, 0.2) is 78.3 Å². The van der Waals surface area contributed by atoms with Crippen molar-refractivity contribution >= 4 is 33.8 Å². The summed E-state index contributed by atoms with van der Waals surface area (Å²) in [4.78, 5) is 17.2. The first-order chi connectivity index (χ1) is 13.7. The Kier molecular flexibility index (Phi) is 5.55. The van der Waals surface area contributed by atoms with Crippen molar-refractivity contribution in [3.63, 3.8) is 0 Å². The van der Waals surface area contributed by atoms with Gasteiger partial charge >= 0.3 is 0 Å². The quantitative estimate of drug-likeness (QED) is 0.418. The highest BCUT2D eigenvalue weighted by Gasteiger charge is 2.21. The standard InChI is InChI=1S/C23H23N3OS/c1-16(23(27)26-17-8-3-2-4-9-17)24-15-20(22-12-7-13-28-22)19-14-25-21-11-6-5-10-18(19)21/h2-14,16,20,24-25H,15H2,1H3,(H,26,27)/t16-,20-/m1/s1. The molecule has 0 spiro atoms. The van der Waals surface area contributed by atoms with Crippen LogP contribution in [0.2, 0.25) is 0 Å². The molecule has 0 aliphatic rings. The van der Waals surface area contributed by atoms with E-state index in [-0.39, 0.29) is 17.9 Å². The molecule has 0 radical (unpaired) electrons. The molecule has 0 saturated carbocycles. The van der Waals surface area contributed by atoms with Crippen LogP contribution in [0, 0.1) is 0 Å². The predicted octanol–water partition coefficient (Wildman–Crippen LogP) is 4.98. The van der Waals surface area contributed by atoms with Crippen LogP contribution in [0.25, 0.3) is 10.9 Å². The fraction of sp³-hybridized carbons (Fsp3) is 0.174. The van der Waals surface area contributed by atoms with Crippen molar-refractivity contribution in [3.8, 4) is 0 Å². The van der Waals surface area contributed by atoms with E-state index >= 15 is 0 Å². The lowest BCUT2D eigenvalue weighted by atomic mass is 9.96. The summed E-state index contributed by atoms with van der Waals surface area (Å²) in [5, 5.41) is 9.71. The van der Waals surface area contributed by atoms with Gasteiger partial charge in [-0.05, 0) is 42.1 Å². The van der Waals surface area contributed by atoms with Crippen molar-refractivity contribution in [3.05, 3.63) is 88.7 Å². The number of hydrogen-bond acceptors (Lipinski definition) is 3. The maximum Gasteiger partial charge on any atom is 0.241 e. The van der Waals surface area contributed by atoms with Crippen LogP contribution in [0.1, 0.15) is 23.3 Å². The lowest BCUT2D eigenvalue weighted by Crippen LogP contribution is -2.40. The number of H-pyrrole nitrogens is 1. The molecule has 0 aliphatic heterocycles. The number of rotatable bonds is 7. The van der Waals surface area contributed by atoms with E-state index in [1.165, 1.54) is 15.8 Å². The van der Waals surface area contributed by atoms with Crippen LogP contribution < -0.4 is 10.6 Å². The number of thiophene rings is 1. The van der Waals surface area contributed by atoms with Gasteiger partial charge in [0.25, 0.3) is 0 Å². The maximum atomic E-state index is 12.5. The summed E-state index contributed by atoms with van der Waals surface area (Å²) in [6.45, 7) is 2.59. The molecule has 4 rings (SSSR count). The number of aromatic amines is 1. The van der Waals surface area contributed by atoms with Gasteiger partial charge in [0.15, 0.2) is 0 Å². The zero-order chi connectivity index (χ0) is 19.3. The molecule has 142 valence electrons. The third-order valence-corrected chi connectivity index (χ3v) is 5.93. The smallest absolute Gasteiger partial charge is 0.241 e. The number of fused-ring (bicyclic) bond motifs is 1. The molecule has 2 aromatic carbocycles. The first-order valence-corrected chi connectivity index (χ1v) is 10.3. The minimum absolute atomic E-state index is 0.0324. The highest BCUT2D eigenvalue weighted by molar-refractivity contribution is 7.10. The van der Waals surface area contributed by atoms with Gasteiger partial charge in [0.2, 0.25) is 5.91 Å². The van der Waals surface area contributed by atoms with Crippen LogP contribution in [-0.4, -0.2) is 23.5 Å². The molecular weight excluding hydrogens is 366 g/mol. The summed E-state index contributed by atoms with van der Waals surface area (Å²) in [7, 11) is 0. The van der Waals surface area contributed by atoms with E-state index in [0.717, 1.165) is 11.2 Å². The van der Waals surface area contributed by atoms with E-state index in [0.29, 0.717) is 6.54 Å². The average Bonchev–Trinajstić information content (AvgIpc) is 3.40. The molecule has 28 heavy (non-hydrogen) atoms. The molecule has 5 heteroatoms. The van der Waals surface area contributed by atoms with Crippen LogP contribution in [0.3, 0.4) is 0 Å². The molecule has 2 heterocycles. The van der Waals surface area contributed by atoms with Gasteiger partial charge in [-0.25, -0.2) is 0 Å². The average molecular weight is 390 g/mol. The summed E-state index contributed by atoms with van der Waals surface area (Å²) in [5.74, 6) is 0.151. The minimum atomic E-state index is -0.298. The molecule has 0 aliphatic carbocycles. The Balaban J connectivity index is 1.50. The van der Waals surface area contributed by atoms with Gasteiger partial charge in [0.1, 0.15) is 0 Å². The number of benzene rings is 2. The van der Waals surface area contributed by atoms with E-state index in [4.69, 9.17) is 0 Å². The number of amides is 1. The van der Waals surface area contributed by atoms with Gasteiger partial charge in [-0.2, -0.15) is 0 Å². The Morgan fingerprint density at radius 2 is 1.82 bits per heavy atom. The molecular formula is C23H23N3OS. The Bertz CT molecular complexity index is 1040. The third-order valence-electron chi connectivity index (χ3n) is 4.95. The summed E-state index contributed by atoms with van der Waals surface area (Å²) in [6, 6.07) is 21.8. The fourth-order valence-corrected chi connectivity index (χ4v) is 4.24. The lowest BCUT2D eigenvalue weighted by molar-refractivity contribution is -0.117. The third kappa shape index (κ3) is 4.01. The molecule has 1 amide bonds. The van der Waals surface area contributed by atoms with Gasteiger partial charge in [0, 0.05) is 40.1 Å². The maximum absolute atomic E-state index is 12.5. The number of nitrogens with one attached hydrogen (secondary N) is 3. The Hall–Kier alpha value is -2.89. The second kappa shape index (κ2) is 8.42. The first kappa shape index (κ1) is 18.5. The highest BCUT2D eigenvalue weighted by atomic mass is 32.1. The SMILES string of the molecule is C[C@@H](NC[C@@H](c1cccs1)c1c[nH]c2ccccc12)C(=O)Nc1ccccc1. The van der Waals surface area contributed by atoms with E-state index in [1.807, 2.05) is 43.3 Å². The Morgan fingerprint density at radius 3 is 2.61 bits per heavy atom. The van der Waals surface area contributed by atoms with Crippen LogP contribution >= 0.6 is 11.3 Å². The molecule has 4 aromatic rings. The van der Waals surface area contributed by atoms with Crippen molar-refractivity contribution in [1.82, 2.24) is 10.3 Å². The number of carbonyl (C=O) groups is 1. The van der Waals surface area contributed by atoms with Crippen LogP contribution in [0.4, 0.5) is 5.69 Å². The van der Waals surface area contributed by atoms with Crippen molar-refractivity contribution in [2.75, 3.05) is 11.9 Å². The van der Waals surface area contributed by atoms with E-state index in [9.17, 15) is 4.79 Å². The fourth-order valence-electron chi connectivity index (χ4n) is 3.39. The Morgan fingerprint density at radius 1 is 1.04 bits per heavy atom. The molecule has 0 saturated heterocycles. The summed E-state index contributed by atoms with van der Waals surface area (Å²) in [5.41, 5.74) is 3.20. The van der Waals surface area contributed by atoms with Gasteiger partial charge in [0.05, 0.1) is 6.04 Å². The molecule has 3 N–H and O–H groups in total. The van der Waals surface area contributed by atoms with Gasteiger partial charge in [-0.1, -0.05) is 42.5 Å². The van der Waals surface area contributed by atoms with Gasteiger partial charge < -0.3 is 15.6 Å². The highest BCUT2D eigenvalue weighted by Crippen LogP contribution is 2.32. The monoisotopic (exact) mass is 389 g/mol. The van der Waals surface area contributed by atoms with Crippen LogP contribution in [0.5, 0.6) is 0 Å². The van der Waals surface area contributed by atoms with Crippen molar-refractivity contribution in [2.24, 2.45) is 0 Å². The molecule has 4 nitrogen and oxygen atoms in total. The van der Waals surface area contributed by atoms with Crippen LogP contribution in [-0.2, 0) is 4.79 Å². The lowest BCUT2D eigenvalue weighted by Gasteiger charge is -2.20. The van der Waals surface area contributed by atoms with E-state index in [2.05, 4.69) is 57.5 Å². The molecule has 0 fully saturated rings.